The van der Waals surface area contributed by atoms with Crippen molar-refractivity contribution in [1.29, 1.82) is 0 Å². The molecular formula is C27H29N5O3S. The van der Waals surface area contributed by atoms with Gasteiger partial charge in [0, 0.05) is 23.7 Å². The van der Waals surface area contributed by atoms with Crippen molar-refractivity contribution in [3.8, 4) is 17.2 Å². The lowest BCUT2D eigenvalue weighted by Gasteiger charge is -2.17. The highest BCUT2D eigenvalue weighted by Crippen LogP contribution is 2.33. The molecule has 36 heavy (non-hydrogen) atoms. The quantitative estimate of drug-likeness (QED) is 0.277. The zero-order valence-corrected chi connectivity index (χ0v) is 21.6. The van der Waals surface area contributed by atoms with Crippen LogP contribution < -0.4 is 20.1 Å². The number of aryl methyl sites for hydroxylation is 2. The molecule has 0 radical (unpaired) electrons. The summed E-state index contributed by atoms with van der Waals surface area (Å²) in [6.07, 6.45) is 4.54. The van der Waals surface area contributed by atoms with Crippen LogP contribution in [0.1, 0.15) is 18.2 Å². The number of aromatic nitrogens is 3. The number of carbonyl (C=O) groups excluding carboxylic acids is 1. The average Bonchev–Trinajstić information content (AvgIpc) is 2.87. The summed E-state index contributed by atoms with van der Waals surface area (Å²) in [6.45, 7) is 6.24. The molecule has 1 amide bonds. The predicted octanol–water partition coefficient (Wildman–Crippen LogP) is 5.42. The van der Waals surface area contributed by atoms with E-state index in [9.17, 15) is 4.79 Å². The zero-order chi connectivity index (χ0) is 25.5. The first kappa shape index (κ1) is 25.2. The van der Waals surface area contributed by atoms with Crippen molar-refractivity contribution in [1.82, 2.24) is 20.3 Å². The molecule has 2 N–H and O–H groups in total. The summed E-state index contributed by atoms with van der Waals surface area (Å²) in [5.74, 6) is 3.22. The lowest BCUT2D eigenvalue weighted by Crippen LogP contribution is -2.37. The first-order valence-corrected chi connectivity index (χ1v) is 13.0. The number of thioether (sulfide) groups is 1. The van der Waals surface area contributed by atoms with Gasteiger partial charge in [0.1, 0.15) is 29.4 Å². The van der Waals surface area contributed by atoms with E-state index < -0.39 is 6.10 Å². The van der Waals surface area contributed by atoms with Gasteiger partial charge in [-0.3, -0.25) is 9.78 Å². The number of pyridine rings is 1. The molecule has 0 aliphatic heterocycles. The molecule has 9 heteroatoms. The van der Waals surface area contributed by atoms with Crippen LogP contribution in [0.3, 0.4) is 0 Å². The smallest absolute Gasteiger partial charge is 0.260 e. The Balaban J connectivity index is 1.55. The van der Waals surface area contributed by atoms with Gasteiger partial charge in [-0.05, 0) is 75.1 Å². The van der Waals surface area contributed by atoms with Crippen LogP contribution >= 0.6 is 11.8 Å². The van der Waals surface area contributed by atoms with Gasteiger partial charge in [0.25, 0.3) is 5.91 Å². The summed E-state index contributed by atoms with van der Waals surface area (Å²) in [4.78, 5) is 25.6. The van der Waals surface area contributed by atoms with Gasteiger partial charge < -0.3 is 20.1 Å². The number of fused-ring (bicyclic) bond motifs is 1. The SMILES string of the molecule is CSCCNC(=O)[C@@H](C)Oc1cccc2ncnc(Nc3ccc(Oc4ccc(C)nc4)c(C)c3)c12. The standard InChI is InChI=1S/C27H29N5O3S/c1-17-14-20(9-11-23(17)35-21-10-8-18(2)29-15-21)32-26-25-22(30-16-31-26)6-5-7-24(25)34-19(3)27(33)28-12-13-36-4/h5-11,14-16,19H,12-13H2,1-4H3,(H,28,33)(H,30,31,32)/t19-/m1/s1. The van der Waals surface area contributed by atoms with E-state index in [1.54, 1.807) is 24.9 Å². The lowest BCUT2D eigenvalue weighted by molar-refractivity contribution is -0.127. The Bertz CT molecular complexity index is 1340. The van der Waals surface area contributed by atoms with Gasteiger partial charge in [-0.2, -0.15) is 11.8 Å². The maximum atomic E-state index is 12.4. The normalized spacial score (nSPS) is 11.7. The number of carbonyl (C=O) groups is 1. The molecule has 2 aromatic heterocycles. The highest BCUT2D eigenvalue weighted by Gasteiger charge is 2.18. The van der Waals surface area contributed by atoms with Gasteiger partial charge in [-0.15, -0.1) is 0 Å². The zero-order valence-electron chi connectivity index (χ0n) is 20.7. The van der Waals surface area contributed by atoms with Gasteiger partial charge in [0.2, 0.25) is 0 Å². The van der Waals surface area contributed by atoms with E-state index in [0.717, 1.165) is 28.4 Å². The first-order chi connectivity index (χ1) is 17.4. The van der Waals surface area contributed by atoms with Crippen LogP contribution in [0.2, 0.25) is 0 Å². The summed E-state index contributed by atoms with van der Waals surface area (Å²) in [6, 6.07) is 15.2. The van der Waals surface area contributed by atoms with Crippen LogP contribution in [0.5, 0.6) is 17.2 Å². The van der Waals surface area contributed by atoms with E-state index in [4.69, 9.17) is 9.47 Å². The van der Waals surface area contributed by atoms with Crippen LogP contribution in [-0.4, -0.2) is 45.5 Å². The fourth-order valence-electron chi connectivity index (χ4n) is 3.56. The number of nitrogens with zero attached hydrogens (tertiary/aromatic N) is 3. The minimum atomic E-state index is -0.666. The number of rotatable bonds is 10. The van der Waals surface area contributed by atoms with Gasteiger partial charge in [-0.25, -0.2) is 9.97 Å². The number of benzene rings is 2. The molecule has 8 nitrogen and oxygen atoms in total. The third-order valence-electron chi connectivity index (χ3n) is 5.45. The first-order valence-electron chi connectivity index (χ1n) is 11.6. The second-order valence-electron chi connectivity index (χ2n) is 8.26. The van der Waals surface area contributed by atoms with Crippen LogP contribution in [0.15, 0.2) is 61.1 Å². The number of hydrogen-bond donors (Lipinski definition) is 2. The number of hydrogen-bond acceptors (Lipinski definition) is 8. The molecule has 0 unspecified atom stereocenters. The Morgan fingerprint density at radius 1 is 1.06 bits per heavy atom. The Morgan fingerprint density at radius 3 is 2.67 bits per heavy atom. The van der Waals surface area contributed by atoms with Crippen molar-refractivity contribution >= 4 is 40.1 Å². The molecular weight excluding hydrogens is 474 g/mol. The van der Waals surface area contributed by atoms with Crippen molar-refractivity contribution in [3.63, 3.8) is 0 Å². The fourth-order valence-corrected chi connectivity index (χ4v) is 3.86. The summed E-state index contributed by atoms with van der Waals surface area (Å²) >= 11 is 1.68. The Morgan fingerprint density at radius 2 is 1.92 bits per heavy atom. The van der Waals surface area contributed by atoms with Crippen LogP contribution in [0.25, 0.3) is 10.9 Å². The molecule has 1 atom stereocenters. The van der Waals surface area contributed by atoms with Gasteiger partial charge in [0.05, 0.1) is 17.1 Å². The van der Waals surface area contributed by atoms with E-state index in [1.807, 2.05) is 68.6 Å². The topological polar surface area (TPSA) is 98.3 Å². The molecule has 0 bridgehead atoms. The van der Waals surface area contributed by atoms with Crippen molar-refractivity contribution in [2.45, 2.75) is 26.9 Å². The molecule has 4 aromatic rings. The number of ether oxygens (including phenoxy) is 2. The monoisotopic (exact) mass is 503 g/mol. The molecule has 4 rings (SSSR count). The molecule has 0 saturated heterocycles. The maximum absolute atomic E-state index is 12.4. The summed E-state index contributed by atoms with van der Waals surface area (Å²) < 4.78 is 12.0. The van der Waals surface area contributed by atoms with Gasteiger partial charge in [-0.1, -0.05) is 6.07 Å². The third-order valence-corrected chi connectivity index (χ3v) is 6.07. The molecule has 2 heterocycles. The second kappa shape index (κ2) is 11.7. The number of amides is 1. The Kier molecular flexibility index (Phi) is 8.22. The Hall–Kier alpha value is -3.85. The number of nitrogens with one attached hydrogen (secondary N) is 2. The maximum Gasteiger partial charge on any atom is 0.260 e. The summed E-state index contributed by atoms with van der Waals surface area (Å²) in [5.41, 5.74) is 3.43. The van der Waals surface area contributed by atoms with Crippen LogP contribution in [-0.2, 0) is 4.79 Å². The van der Waals surface area contributed by atoms with Crippen molar-refractivity contribution in [2.24, 2.45) is 0 Å². The molecule has 0 saturated carbocycles. The third kappa shape index (κ3) is 6.23. The molecule has 0 spiro atoms. The molecule has 0 fully saturated rings. The summed E-state index contributed by atoms with van der Waals surface area (Å²) in [5, 5.41) is 6.96. The molecule has 186 valence electrons. The van der Waals surface area contributed by atoms with Crippen molar-refractivity contribution in [2.75, 3.05) is 23.9 Å². The van der Waals surface area contributed by atoms with Crippen LogP contribution in [0.4, 0.5) is 11.5 Å². The van der Waals surface area contributed by atoms with Gasteiger partial charge in [0.15, 0.2) is 6.10 Å². The van der Waals surface area contributed by atoms with E-state index in [0.29, 0.717) is 34.8 Å². The number of anilines is 2. The molecule has 0 aliphatic rings. The van der Waals surface area contributed by atoms with E-state index in [1.165, 1.54) is 6.33 Å². The van der Waals surface area contributed by atoms with Crippen molar-refractivity contribution in [3.05, 3.63) is 72.3 Å². The average molecular weight is 504 g/mol. The lowest BCUT2D eigenvalue weighted by atomic mass is 10.1. The van der Waals surface area contributed by atoms with Crippen LogP contribution in [0, 0.1) is 13.8 Å². The highest BCUT2D eigenvalue weighted by molar-refractivity contribution is 7.98. The second-order valence-corrected chi connectivity index (χ2v) is 9.24. The van der Waals surface area contributed by atoms with E-state index in [-0.39, 0.29) is 5.91 Å². The summed E-state index contributed by atoms with van der Waals surface area (Å²) in [7, 11) is 0. The van der Waals surface area contributed by atoms with Crippen molar-refractivity contribution < 1.29 is 14.3 Å². The highest BCUT2D eigenvalue weighted by atomic mass is 32.2. The van der Waals surface area contributed by atoms with E-state index in [2.05, 4.69) is 25.6 Å². The fraction of sp³-hybridized carbons (Fsp3) is 0.259. The minimum Gasteiger partial charge on any atom is -0.480 e. The predicted molar refractivity (Wildman–Crippen MR) is 145 cm³/mol. The molecule has 2 aromatic carbocycles. The largest absolute Gasteiger partial charge is 0.480 e. The molecule has 0 aliphatic carbocycles. The van der Waals surface area contributed by atoms with E-state index >= 15 is 0 Å². The van der Waals surface area contributed by atoms with Gasteiger partial charge >= 0.3 is 0 Å². The minimum absolute atomic E-state index is 0.164. The Labute approximate surface area is 214 Å².